The number of esters is 1. The van der Waals surface area contributed by atoms with Crippen molar-refractivity contribution in [1.82, 2.24) is 5.32 Å². The van der Waals surface area contributed by atoms with Gasteiger partial charge in [-0.15, -0.1) is 0 Å². The first kappa shape index (κ1) is 18.5. The molecule has 132 valence electrons. The molecule has 0 aliphatic heterocycles. The molecule has 0 radical (unpaired) electrons. The molecule has 1 atom stereocenters. The number of hydrogen-bond donors (Lipinski definition) is 1. The quantitative estimate of drug-likeness (QED) is 0.800. The van der Waals surface area contributed by atoms with E-state index in [0.29, 0.717) is 23.9 Å². The van der Waals surface area contributed by atoms with Gasteiger partial charge >= 0.3 is 5.97 Å². The Balaban J connectivity index is 1.80. The number of carbonyl (C=O) groups excluding carboxylic acids is 2. The molecule has 4 heteroatoms. The van der Waals surface area contributed by atoms with Crippen LogP contribution in [0.2, 0.25) is 0 Å². The highest BCUT2D eigenvalue weighted by atomic mass is 16.5. The average molecular weight is 331 g/mol. The van der Waals surface area contributed by atoms with Crippen LogP contribution < -0.4 is 5.32 Å². The molecule has 1 saturated carbocycles. The van der Waals surface area contributed by atoms with Crippen LogP contribution in [0.3, 0.4) is 0 Å². The lowest BCUT2D eigenvalue weighted by atomic mass is 9.89. The van der Waals surface area contributed by atoms with Crippen LogP contribution >= 0.6 is 0 Å². The number of hydrogen-bond acceptors (Lipinski definition) is 3. The molecule has 1 aliphatic rings. The Morgan fingerprint density at radius 2 is 1.71 bits per heavy atom. The van der Waals surface area contributed by atoms with Crippen LogP contribution in [0.25, 0.3) is 0 Å². The lowest BCUT2D eigenvalue weighted by Crippen LogP contribution is -2.38. The second-order valence-electron chi connectivity index (χ2n) is 7.07. The molecule has 0 bridgehead atoms. The Morgan fingerprint density at radius 1 is 1.08 bits per heavy atom. The van der Waals surface area contributed by atoms with E-state index in [4.69, 9.17) is 4.74 Å². The molecule has 1 aromatic carbocycles. The Hall–Kier alpha value is -1.84. The Bertz CT molecular complexity index is 545. The minimum atomic E-state index is -0.772. The summed E-state index contributed by atoms with van der Waals surface area (Å²) in [5.41, 5.74) is 1.65. The normalized spacial score (nSPS) is 16.7. The van der Waals surface area contributed by atoms with Crippen molar-refractivity contribution in [2.75, 3.05) is 6.54 Å². The first-order chi connectivity index (χ1) is 11.5. The van der Waals surface area contributed by atoms with E-state index in [1.807, 2.05) is 12.1 Å². The van der Waals surface area contributed by atoms with E-state index in [-0.39, 0.29) is 5.91 Å². The third kappa shape index (κ3) is 5.36. The number of rotatable bonds is 6. The van der Waals surface area contributed by atoms with Gasteiger partial charge in [-0.2, -0.15) is 0 Å². The zero-order chi connectivity index (χ0) is 17.5. The zero-order valence-electron chi connectivity index (χ0n) is 15.0. The van der Waals surface area contributed by atoms with E-state index in [1.54, 1.807) is 19.1 Å². The van der Waals surface area contributed by atoms with Gasteiger partial charge in [0.1, 0.15) is 0 Å². The molecule has 0 spiro atoms. The lowest BCUT2D eigenvalue weighted by molar-refractivity contribution is -0.129. The third-order valence-corrected chi connectivity index (χ3v) is 4.76. The second kappa shape index (κ2) is 8.86. The fourth-order valence-electron chi connectivity index (χ4n) is 3.07. The van der Waals surface area contributed by atoms with Crippen molar-refractivity contribution < 1.29 is 14.3 Å². The van der Waals surface area contributed by atoms with Gasteiger partial charge in [0.2, 0.25) is 0 Å². The predicted octanol–water partition coefficient (Wildman–Crippen LogP) is 4.05. The van der Waals surface area contributed by atoms with Crippen LogP contribution in [0.4, 0.5) is 0 Å². The van der Waals surface area contributed by atoms with Gasteiger partial charge in [0.05, 0.1) is 5.56 Å². The molecule has 1 aliphatic carbocycles. The first-order valence-corrected chi connectivity index (χ1v) is 9.06. The minimum absolute atomic E-state index is 0.215. The van der Waals surface area contributed by atoms with Crippen molar-refractivity contribution >= 4 is 11.9 Å². The van der Waals surface area contributed by atoms with Crippen molar-refractivity contribution in [3.05, 3.63) is 35.4 Å². The molecule has 0 saturated heterocycles. The maximum atomic E-state index is 12.1. The smallest absolute Gasteiger partial charge is 0.338 e. The molecule has 0 heterocycles. The number of carbonyl (C=O) groups is 2. The van der Waals surface area contributed by atoms with Crippen LogP contribution in [0.15, 0.2) is 24.3 Å². The maximum Gasteiger partial charge on any atom is 0.338 e. The summed E-state index contributed by atoms with van der Waals surface area (Å²) in [4.78, 5) is 24.3. The highest BCUT2D eigenvalue weighted by Crippen LogP contribution is 2.22. The molecule has 1 amide bonds. The van der Waals surface area contributed by atoms with Crippen molar-refractivity contribution in [3.63, 3.8) is 0 Å². The van der Waals surface area contributed by atoms with Crippen LogP contribution in [0.5, 0.6) is 0 Å². The van der Waals surface area contributed by atoms with E-state index in [1.165, 1.54) is 37.7 Å². The fourth-order valence-corrected chi connectivity index (χ4v) is 3.07. The van der Waals surface area contributed by atoms with Crippen molar-refractivity contribution in [3.8, 4) is 0 Å². The molecule has 1 N–H and O–H groups in total. The molecule has 0 unspecified atom stereocenters. The summed E-state index contributed by atoms with van der Waals surface area (Å²) in [6.07, 6.45) is 5.38. The Kier molecular flexibility index (Phi) is 6.83. The summed E-state index contributed by atoms with van der Waals surface area (Å²) in [6.45, 7) is 6.51. The molecule has 1 fully saturated rings. The Morgan fingerprint density at radius 3 is 2.29 bits per heavy atom. The van der Waals surface area contributed by atoms with Crippen LogP contribution in [-0.2, 0) is 9.53 Å². The molecule has 1 aromatic rings. The zero-order valence-corrected chi connectivity index (χ0v) is 15.0. The van der Waals surface area contributed by atoms with Crippen LogP contribution in [-0.4, -0.2) is 24.5 Å². The van der Waals surface area contributed by atoms with Gasteiger partial charge in [-0.25, -0.2) is 4.79 Å². The highest BCUT2D eigenvalue weighted by Gasteiger charge is 2.20. The number of benzene rings is 1. The third-order valence-electron chi connectivity index (χ3n) is 4.76. The highest BCUT2D eigenvalue weighted by molar-refractivity contribution is 5.92. The predicted molar refractivity (Wildman–Crippen MR) is 95.0 cm³/mol. The molecule has 4 nitrogen and oxygen atoms in total. The molecule has 0 aromatic heterocycles. The summed E-state index contributed by atoms with van der Waals surface area (Å²) in [5.74, 6) is 0.312. The van der Waals surface area contributed by atoms with Gasteiger partial charge in [-0.3, -0.25) is 4.79 Å². The largest absolute Gasteiger partial charge is 0.449 e. The molecular formula is C20H29NO3. The van der Waals surface area contributed by atoms with Gasteiger partial charge in [-0.05, 0) is 49.3 Å². The summed E-state index contributed by atoms with van der Waals surface area (Å²) >= 11 is 0. The lowest BCUT2D eigenvalue weighted by Gasteiger charge is -2.22. The van der Waals surface area contributed by atoms with E-state index in [0.717, 1.165) is 0 Å². The van der Waals surface area contributed by atoms with E-state index >= 15 is 0 Å². The van der Waals surface area contributed by atoms with Crippen LogP contribution in [0, 0.1) is 5.92 Å². The standard InChI is InChI=1S/C20H29NO3/c1-14(2)17-9-11-18(12-10-17)20(23)24-15(3)19(22)21-13-16-7-5-4-6-8-16/h9-12,14-16H,4-8,13H2,1-3H3,(H,21,22)/t15-/m0/s1. The van der Waals surface area contributed by atoms with Gasteiger partial charge in [0.25, 0.3) is 5.91 Å². The van der Waals surface area contributed by atoms with Gasteiger partial charge in [0.15, 0.2) is 6.10 Å². The summed E-state index contributed by atoms with van der Waals surface area (Å²) in [6, 6.07) is 7.36. The molecular weight excluding hydrogens is 302 g/mol. The average Bonchev–Trinajstić information content (AvgIpc) is 2.60. The summed E-state index contributed by atoms with van der Waals surface area (Å²) in [7, 11) is 0. The Labute approximate surface area is 145 Å². The minimum Gasteiger partial charge on any atom is -0.449 e. The van der Waals surface area contributed by atoms with E-state index in [9.17, 15) is 9.59 Å². The van der Waals surface area contributed by atoms with Gasteiger partial charge in [0, 0.05) is 6.54 Å². The topological polar surface area (TPSA) is 55.4 Å². The van der Waals surface area contributed by atoms with Crippen molar-refractivity contribution in [1.29, 1.82) is 0 Å². The van der Waals surface area contributed by atoms with E-state index < -0.39 is 12.1 Å². The molecule has 24 heavy (non-hydrogen) atoms. The summed E-state index contributed by atoms with van der Waals surface area (Å²) < 4.78 is 5.29. The summed E-state index contributed by atoms with van der Waals surface area (Å²) in [5, 5.41) is 2.92. The second-order valence-corrected chi connectivity index (χ2v) is 7.07. The van der Waals surface area contributed by atoms with Crippen LogP contribution in [0.1, 0.15) is 74.7 Å². The van der Waals surface area contributed by atoms with Crippen molar-refractivity contribution in [2.45, 2.75) is 64.9 Å². The van der Waals surface area contributed by atoms with Crippen molar-refractivity contribution in [2.24, 2.45) is 5.92 Å². The maximum absolute atomic E-state index is 12.1. The number of ether oxygens (including phenoxy) is 1. The number of nitrogens with one attached hydrogen (secondary N) is 1. The van der Waals surface area contributed by atoms with E-state index in [2.05, 4.69) is 19.2 Å². The first-order valence-electron chi connectivity index (χ1n) is 9.06. The number of amides is 1. The monoisotopic (exact) mass is 331 g/mol. The SMILES string of the molecule is CC(C)c1ccc(C(=O)O[C@@H](C)C(=O)NCC2CCCCC2)cc1. The van der Waals surface area contributed by atoms with Gasteiger partial charge < -0.3 is 10.1 Å². The molecule has 2 rings (SSSR count). The van der Waals surface area contributed by atoms with Gasteiger partial charge in [-0.1, -0.05) is 45.2 Å². The fraction of sp³-hybridized carbons (Fsp3) is 0.600.